The first-order valence-electron chi connectivity index (χ1n) is 4.44. The number of hydrogen-bond acceptors (Lipinski definition) is 2. The quantitative estimate of drug-likeness (QED) is 0.495. The van der Waals surface area contributed by atoms with Crippen molar-refractivity contribution in [1.82, 2.24) is 0 Å². The molecule has 0 heterocycles. The van der Waals surface area contributed by atoms with Gasteiger partial charge < -0.3 is 5.73 Å². The van der Waals surface area contributed by atoms with Crippen molar-refractivity contribution in [1.29, 1.82) is 0 Å². The molecule has 0 radical (unpaired) electrons. The van der Waals surface area contributed by atoms with Crippen LogP contribution in [0.5, 0.6) is 0 Å². The summed E-state index contributed by atoms with van der Waals surface area (Å²) in [7, 11) is 0. The largest absolute Gasteiger partial charge is 0.396 e. The van der Waals surface area contributed by atoms with Crippen molar-refractivity contribution in [3.8, 4) is 0 Å². The van der Waals surface area contributed by atoms with E-state index in [1.807, 2.05) is 0 Å². The average Bonchev–Trinajstić information content (AvgIpc) is 2.17. The van der Waals surface area contributed by atoms with E-state index in [9.17, 15) is 17.6 Å². The summed E-state index contributed by atoms with van der Waals surface area (Å²) in [6.45, 7) is 1.31. The molecule has 0 bridgehead atoms. The van der Waals surface area contributed by atoms with Gasteiger partial charge in [-0.05, 0) is 30.4 Å². The molecule has 0 aliphatic carbocycles. The summed E-state index contributed by atoms with van der Waals surface area (Å²) in [6.07, 6.45) is -3.85. The van der Waals surface area contributed by atoms with Crippen molar-refractivity contribution in [2.75, 3.05) is 12.0 Å². The van der Waals surface area contributed by atoms with Gasteiger partial charge in [-0.15, -0.1) is 11.8 Å². The van der Waals surface area contributed by atoms with E-state index in [1.165, 1.54) is 13.0 Å². The van der Waals surface area contributed by atoms with E-state index < -0.39 is 18.4 Å². The van der Waals surface area contributed by atoms with Gasteiger partial charge in [-0.2, -0.15) is 13.2 Å². The van der Waals surface area contributed by atoms with Gasteiger partial charge in [0.1, 0.15) is 5.82 Å². The van der Waals surface area contributed by atoms with Gasteiger partial charge in [-0.1, -0.05) is 0 Å². The Morgan fingerprint density at radius 1 is 1.38 bits per heavy atom. The summed E-state index contributed by atoms with van der Waals surface area (Å²) in [5.74, 6) is -0.767. The molecular weight excluding hydrogens is 242 g/mol. The van der Waals surface area contributed by atoms with E-state index in [1.54, 1.807) is 6.26 Å². The fourth-order valence-electron chi connectivity index (χ4n) is 1.43. The van der Waals surface area contributed by atoms with E-state index >= 15 is 0 Å². The van der Waals surface area contributed by atoms with Crippen LogP contribution in [0.3, 0.4) is 0 Å². The summed E-state index contributed by atoms with van der Waals surface area (Å²) in [5.41, 5.74) is 5.18. The van der Waals surface area contributed by atoms with Crippen LogP contribution in [0.4, 0.5) is 23.2 Å². The maximum absolute atomic E-state index is 13.4. The average molecular weight is 253 g/mol. The highest BCUT2D eigenvalue weighted by atomic mass is 32.2. The van der Waals surface area contributed by atoms with E-state index in [-0.39, 0.29) is 16.8 Å². The lowest BCUT2D eigenvalue weighted by molar-refractivity contribution is -0.127. The Morgan fingerprint density at radius 2 is 1.94 bits per heavy atom. The van der Waals surface area contributed by atoms with Crippen molar-refractivity contribution >= 4 is 17.4 Å². The smallest absolute Gasteiger partial charge is 0.393 e. The molecule has 0 fully saturated rings. The molecule has 1 rings (SSSR count). The highest BCUT2D eigenvalue weighted by Gasteiger charge is 2.30. The van der Waals surface area contributed by atoms with Crippen LogP contribution in [0.2, 0.25) is 0 Å². The Morgan fingerprint density at radius 3 is 2.38 bits per heavy atom. The van der Waals surface area contributed by atoms with Gasteiger partial charge in [0, 0.05) is 4.90 Å². The number of nitrogens with two attached hydrogens (primary N) is 1. The molecule has 0 aliphatic rings. The molecule has 0 saturated carbocycles. The van der Waals surface area contributed by atoms with Crippen molar-refractivity contribution in [2.45, 2.75) is 24.4 Å². The first-order chi connectivity index (χ1) is 7.26. The van der Waals surface area contributed by atoms with Crippen molar-refractivity contribution in [3.63, 3.8) is 0 Å². The van der Waals surface area contributed by atoms with Gasteiger partial charge in [-0.25, -0.2) is 4.39 Å². The lowest BCUT2D eigenvalue weighted by atomic mass is 10.0. The highest BCUT2D eigenvalue weighted by molar-refractivity contribution is 7.98. The molecule has 0 spiro atoms. The predicted octanol–water partition coefficient (Wildman–Crippen LogP) is 3.54. The molecular formula is C10H11F4NS. The molecule has 0 saturated heterocycles. The highest BCUT2D eigenvalue weighted by Crippen LogP contribution is 2.33. The second-order valence-electron chi connectivity index (χ2n) is 3.38. The summed E-state index contributed by atoms with van der Waals surface area (Å²) in [6, 6.07) is 1.24. The molecule has 1 nitrogen and oxygen atoms in total. The number of rotatable bonds is 2. The second-order valence-corrected chi connectivity index (χ2v) is 4.23. The summed E-state index contributed by atoms with van der Waals surface area (Å²) >= 11 is 1.13. The van der Waals surface area contributed by atoms with Crippen LogP contribution in [0, 0.1) is 12.7 Å². The molecule has 0 amide bonds. The molecule has 0 aliphatic heterocycles. The first kappa shape index (κ1) is 13.2. The molecule has 16 heavy (non-hydrogen) atoms. The first-order valence-corrected chi connectivity index (χ1v) is 5.67. The Hall–Kier alpha value is -0.910. The molecule has 2 N–H and O–H groups in total. The minimum Gasteiger partial charge on any atom is -0.396 e. The number of anilines is 1. The third kappa shape index (κ3) is 2.81. The zero-order valence-corrected chi connectivity index (χ0v) is 9.60. The summed E-state index contributed by atoms with van der Waals surface area (Å²) in [4.78, 5) is 0.369. The van der Waals surface area contributed by atoms with Crippen LogP contribution < -0.4 is 5.73 Å². The molecule has 90 valence electrons. The van der Waals surface area contributed by atoms with Gasteiger partial charge in [0.25, 0.3) is 0 Å². The van der Waals surface area contributed by atoms with Crippen molar-refractivity contribution in [2.24, 2.45) is 0 Å². The van der Waals surface area contributed by atoms with Gasteiger partial charge in [0.05, 0.1) is 12.1 Å². The number of alkyl halides is 3. The van der Waals surface area contributed by atoms with Crippen LogP contribution in [-0.2, 0) is 6.42 Å². The normalized spacial score (nSPS) is 11.9. The standard InChI is InChI=1S/C10H11F4NS/c1-5-6(4-10(12,13)14)8(16-2)3-7(15)9(5)11/h3H,4,15H2,1-2H3. The molecule has 1 aromatic rings. The zero-order valence-electron chi connectivity index (χ0n) is 8.78. The Balaban J connectivity index is 3.30. The maximum atomic E-state index is 13.4. The van der Waals surface area contributed by atoms with Crippen LogP contribution in [-0.4, -0.2) is 12.4 Å². The number of benzene rings is 1. The van der Waals surface area contributed by atoms with Crippen LogP contribution in [0.1, 0.15) is 11.1 Å². The lowest BCUT2D eigenvalue weighted by Gasteiger charge is -2.15. The monoisotopic (exact) mass is 253 g/mol. The second kappa shape index (κ2) is 4.53. The topological polar surface area (TPSA) is 26.0 Å². The number of thioether (sulfide) groups is 1. The van der Waals surface area contributed by atoms with E-state index in [0.29, 0.717) is 4.90 Å². The lowest BCUT2D eigenvalue weighted by Crippen LogP contribution is -2.14. The fourth-order valence-corrected chi connectivity index (χ4v) is 2.14. The Kier molecular flexibility index (Phi) is 3.72. The van der Waals surface area contributed by atoms with Gasteiger partial charge in [-0.3, -0.25) is 0 Å². The number of hydrogen-bond donors (Lipinski definition) is 1. The Labute approximate surface area is 95.0 Å². The maximum Gasteiger partial charge on any atom is 0.393 e. The van der Waals surface area contributed by atoms with Gasteiger partial charge in [0.15, 0.2) is 0 Å². The zero-order chi connectivity index (χ0) is 12.5. The summed E-state index contributed by atoms with van der Waals surface area (Å²) < 4.78 is 50.3. The minimum atomic E-state index is -4.35. The molecule has 0 aromatic heterocycles. The fraction of sp³-hybridized carbons (Fsp3) is 0.400. The van der Waals surface area contributed by atoms with Crippen LogP contribution in [0.15, 0.2) is 11.0 Å². The van der Waals surface area contributed by atoms with Crippen LogP contribution >= 0.6 is 11.8 Å². The van der Waals surface area contributed by atoms with E-state index in [4.69, 9.17) is 5.73 Å². The van der Waals surface area contributed by atoms with E-state index in [2.05, 4.69) is 0 Å². The minimum absolute atomic E-state index is 0.0262. The van der Waals surface area contributed by atoms with Crippen LogP contribution in [0.25, 0.3) is 0 Å². The van der Waals surface area contributed by atoms with Crippen molar-refractivity contribution in [3.05, 3.63) is 23.0 Å². The predicted molar refractivity (Wildman–Crippen MR) is 57.1 cm³/mol. The molecule has 6 heteroatoms. The summed E-state index contributed by atoms with van der Waals surface area (Å²) in [5, 5.41) is 0. The van der Waals surface area contributed by atoms with Gasteiger partial charge in [0.2, 0.25) is 0 Å². The Bertz CT molecular complexity index is 401. The molecule has 0 atom stereocenters. The molecule has 0 unspecified atom stereocenters. The number of halogens is 4. The third-order valence-corrected chi connectivity index (χ3v) is 3.02. The number of nitrogen functional groups attached to an aromatic ring is 1. The van der Waals surface area contributed by atoms with Gasteiger partial charge >= 0.3 is 6.18 Å². The molecule has 1 aromatic carbocycles. The van der Waals surface area contributed by atoms with Crippen molar-refractivity contribution < 1.29 is 17.6 Å². The van der Waals surface area contributed by atoms with E-state index in [0.717, 1.165) is 11.8 Å². The third-order valence-electron chi connectivity index (χ3n) is 2.22. The SMILES string of the molecule is CSc1cc(N)c(F)c(C)c1CC(F)(F)F.